The van der Waals surface area contributed by atoms with E-state index in [0.29, 0.717) is 6.61 Å². The summed E-state index contributed by atoms with van der Waals surface area (Å²) >= 11 is 0. The maximum Gasteiger partial charge on any atom is 0.145 e. The fourth-order valence-electron chi connectivity index (χ4n) is 2.12. The molecule has 20 heavy (non-hydrogen) atoms. The number of nitrogens with one attached hydrogen (secondary N) is 1. The molecule has 5 heteroatoms. The first-order chi connectivity index (χ1) is 9.78. The van der Waals surface area contributed by atoms with E-state index in [9.17, 15) is 0 Å². The van der Waals surface area contributed by atoms with E-state index in [-0.39, 0.29) is 0 Å². The van der Waals surface area contributed by atoms with Gasteiger partial charge in [0.25, 0.3) is 0 Å². The summed E-state index contributed by atoms with van der Waals surface area (Å²) in [6, 6.07) is 9.83. The van der Waals surface area contributed by atoms with Crippen LogP contribution in [0.25, 0.3) is 11.0 Å². The van der Waals surface area contributed by atoms with Crippen molar-refractivity contribution in [3.05, 3.63) is 42.9 Å². The van der Waals surface area contributed by atoms with E-state index in [1.54, 1.807) is 6.33 Å². The minimum Gasteiger partial charge on any atom is -0.494 e. The lowest BCUT2D eigenvalue weighted by Crippen LogP contribution is -1.97. The standard InChI is InChI=1S/C15H16N4O/c1-3-20-12-6-4-11(5-7-12)18-14-13-8-9-19(2)15(13)17-10-16-14/h4-10H,3H2,1-2H3,(H,16,17,18). The topological polar surface area (TPSA) is 52.0 Å². The Kier molecular flexibility index (Phi) is 3.25. The summed E-state index contributed by atoms with van der Waals surface area (Å²) in [5, 5.41) is 4.31. The molecule has 0 aliphatic heterocycles. The van der Waals surface area contributed by atoms with Gasteiger partial charge in [-0.1, -0.05) is 0 Å². The van der Waals surface area contributed by atoms with Crippen LogP contribution in [0.3, 0.4) is 0 Å². The molecule has 2 heterocycles. The molecule has 3 rings (SSSR count). The molecule has 0 saturated heterocycles. The van der Waals surface area contributed by atoms with Gasteiger partial charge < -0.3 is 14.6 Å². The van der Waals surface area contributed by atoms with Gasteiger partial charge in [-0.25, -0.2) is 9.97 Å². The summed E-state index contributed by atoms with van der Waals surface area (Å²) in [6.07, 6.45) is 3.54. The normalized spacial score (nSPS) is 10.7. The Hall–Kier alpha value is -2.56. The number of aryl methyl sites for hydroxylation is 1. The zero-order chi connectivity index (χ0) is 13.9. The fraction of sp³-hybridized carbons (Fsp3) is 0.200. The van der Waals surface area contributed by atoms with Crippen LogP contribution in [-0.4, -0.2) is 21.1 Å². The predicted octanol–water partition coefficient (Wildman–Crippen LogP) is 3.11. The highest BCUT2D eigenvalue weighted by molar-refractivity contribution is 5.89. The molecule has 0 unspecified atom stereocenters. The van der Waals surface area contributed by atoms with Crippen LogP contribution >= 0.6 is 0 Å². The second-order valence-corrected chi connectivity index (χ2v) is 4.47. The molecule has 2 aromatic heterocycles. The van der Waals surface area contributed by atoms with Crippen molar-refractivity contribution in [1.82, 2.24) is 14.5 Å². The van der Waals surface area contributed by atoms with Crippen LogP contribution in [0.2, 0.25) is 0 Å². The summed E-state index contributed by atoms with van der Waals surface area (Å²) < 4.78 is 7.40. The molecule has 0 amide bonds. The number of nitrogens with zero attached hydrogens (tertiary/aromatic N) is 3. The molecule has 0 aliphatic rings. The zero-order valence-corrected chi connectivity index (χ0v) is 11.5. The highest BCUT2D eigenvalue weighted by Gasteiger charge is 2.06. The van der Waals surface area contributed by atoms with Crippen LogP contribution in [0.15, 0.2) is 42.9 Å². The smallest absolute Gasteiger partial charge is 0.145 e. The van der Waals surface area contributed by atoms with E-state index in [1.807, 2.05) is 55.1 Å². The van der Waals surface area contributed by atoms with Gasteiger partial charge in [0.2, 0.25) is 0 Å². The predicted molar refractivity (Wildman–Crippen MR) is 79.4 cm³/mol. The van der Waals surface area contributed by atoms with Crippen LogP contribution in [-0.2, 0) is 7.05 Å². The third kappa shape index (κ3) is 2.30. The molecule has 0 fully saturated rings. The van der Waals surface area contributed by atoms with Crippen molar-refractivity contribution < 1.29 is 4.74 Å². The third-order valence-corrected chi connectivity index (χ3v) is 3.09. The van der Waals surface area contributed by atoms with E-state index in [1.165, 1.54) is 0 Å². The molecule has 0 radical (unpaired) electrons. The van der Waals surface area contributed by atoms with Gasteiger partial charge in [-0.05, 0) is 37.3 Å². The number of hydrogen-bond acceptors (Lipinski definition) is 4. The number of hydrogen-bond donors (Lipinski definition) is 1. The SMILES string of the molecule is CCOc1ccc(Nc2ncnc3c2ccn3C)cc1. The third-order valence-electron chi connectivity index (χ3n) is 3.09. The van der Waals surface area contributed by atoms with Gasteiger partial charge in [-0.15, -0.1) is 0 Å². The fourth-order valence-corrected chi connectivity index (χ4v) is 2.12. The molecule has 0 bridgehead atoms. The molecule has 102 valence electrons. The number of anilines is 2. The number of benzene rings is 1. The monoisotopic (exact) mass is 268 g/mol. The van der Waals surface area contributed by atoms with Crippen molar-refractivity contribution in [3.63, 3.8) is 0 Å². The molecular formula is C15H16N4O. The molecule has 3 aromatic rings. The minimum atomic E-state index is 0.670. The van der Waals surface area contributed by atoms with E-state index >= 15 is 0 Å². The average molecular weight is 268 g/mol. The van der Waals surface area contributed by atoms with Crippen LogP contribution < -0.4 is 10.1 Å². The number of ether oxygens (including phenoxy) is 1. The Labute approximate surface area is 117 Å². The highest BCUT2D eigenvalue weighted by atomic mass is 16.5. The minimum absolute atomic E-state index is 0.670. The van der Waals surface area contributed by atoms with E-state index in [2.05, 4.69) is 15.3 Å². The highest BCUT2D eigenvalue weighted by Crippen LogP contribution is 2.24. The summed E-state index contributed by atoms with van der Waals surface area (Å²) in [5.74, 6) is 1.67. The van der Waals surface area contributed by atoms with E-state index in [4.69, 9.17) is 4.74 Å². The summed E-state index contributed by atoms with van der Waals surface area (Å²) in [4.78, 5) is 8.58. The first-order valence-corrected chi connectivity index (χ1v) is 6.54. The summed E-state index contributed by atoms with van der Waals surface area (Å²) in [7, 11) is 1.97. The molecule has 0 spiro atoms. The lowest BCUT2D eigenvalue weighted by Gasteiger charge is -2.08. The maximum atomic E-state index is 5.43. The van der Waals surface area contributed by atoms with Crippen molar-refractivity contribution in [3.8, 4) is 5.75 Å². The lowest BCUT2D eigenvalue weighted by atomic mass is 10.3. The van der Waals surface area contributed by atoms with Crippen molar-refractivity contribution >= 4 is 22.5 Å². The molecule has 0 aliphatic carbocycles. The Morgan fingerprint density at radius 3 is 2.70 bits per heavy atom. The van der Waals surface area contributed by atoms with E-state index < -0.39 is 0 Å². The molecule has 1 N–H and O–H groups in total. The van der Waals surface area contributed by atoms with Crippen LogP contribution in [0.5, 0.6) is 5.75 Å². The van der Waals surface area contributed by atoms with Crippen molar-refractivity contribution in [2.45, 2.75) is 6.92 Å². The first-order valence-electron chi connectivity index (χ1n) is 6.54. The van der Waals surface area contributed by atoms with Crippen molar-refractivity contribution in [2.24, 2.45) is 7.05 Å². The number of fused-ring (bicyclic) bond motifs is 1. The second-order valence-electron chi connectivity index (χ2n) is 4.47. The number of aromatic nitrogens is 3. The molecule has 1 aromatic carbocycles. The van der Waals surface area contributed by atoms with Gasteiger partial charge in [-0.2, -0.15) is 0 Å². The van der Waals surface area contributed by atoms with Gasteiger partial charge in [0.05, 0.1) is 12.0 Å². The quantitative estimate of drug-likeness (QED) is 0.790. The summed E-state index contributed by atoms with van der Waals surface area (Å²) in [5.41, 5.74) is 1.88. The maximum absolute atomic E-state index is 5.43. The Morgan fingerprint density at radius 2 is 1.95 bits per heavy atom. The van der Waals surface area contributed by atoms with Crippen LogP contribution in [0.1, 0.15) is 6.92 Å². The molecule has 5 nitrogen and oxygen atoms in total. The Morgan fingerprint density at radius 1 is 1.15 bits per heavy atom. The van der Waals surface area contributed by atoms with Gasteiger partial charge in [0, 0.05) is 18.9 Å². The van der Waals surface area contributed by atoms with E-state index in [0.717, 1.165) is 28.3 Å². The average Bonchev–Trinajstić information content (AvgIpc) is 2.84. The van der Waals surface area contributed by atoms with Crippen molar-refractivity contribution in [2.75, 3.05) is 11.9 Å². The van der Waals surface area contributed by atoms with Crippen LogP contribution in [0.4, 0.5) is 11.5 Å². The second kappa shape index (κ2) is 5.21. The largest absolute Gasteiger partial charge is 0.494 e. The van der Waals surface area contributed by atoms with Crippen LogP contribution in [0, 0.1) is 0 Å². The Balaban J connectivity index is 1.89. The van der Waals surface area contributed by atoms with Gasteiger partial charge >= 0.3 is 0 Å². The first kappa shape index (κ1) is 12.5. The number of rotatable bonds is 4. The molecule has 0 atom stereocenters. The summed E-state index contributed by atoms with van der Waals surface area (Å²) in [6.45, 7) is 2.64. The van der Waals surface area contributed by atoms with Gasteiger partial charge in [0.15, 0.2) is 0 Å². The zero-order valence-electron chi connectivity index (χ0n) is 11.5. The van der Waals surface area contributed by atoms with Gasteiger partial charge in [0.1, 0.15) is 23.5 Å². The Bertz CT molecular complexity index is 718. The van der Waals surface area contributed by atoms with Gasteiger partial charge in [-0.3, -0.25) is 0 Å². The molecule has 0 saturated carbocycles. The molecular weight excluding hydrogens is 252 g/mol. The lowest BCUT2D eigenvalue weighted by molar-refractivity contribution is 0.340. The van der Waals surface area contributed by atoms with Crippen molar-refractivity contribution in [1.29, 1.82) is 0 Å².